The van der Waals surface area contributed by atoms with E-state index in [0.29, 0.717) is 11.1 Å². The van der Waals surface area contributed by atoms with E-state index < -0.39 is 17.9 Å². The number of nitrogens with zero attached hydrogens (tertiary/aromatic N) is 5. The monoisotopic (exact) mass is 385 g/mol. The van der Waals surface area contributed by atoms with E-state index >= 15 is 0 Å². The van der Waals surface area contributed by atoms with Crippen LogP contribution in [0.25, 0.3) is 5.69 Å². The van der Waals surface area contributed by atoms with Crippen LogP contribution in [0, 0.1) is 17.1 Å². The number of hydrogen-bond donors (Lipinski definition) is 2. The summed E-state index contributed by atoms with van der Waals surface area (Å²) in [7, 11) is 0. The van der Waals surface area contributed by atoms with E-state index in [1.165, 1.54) is 12.1 Å². The molecule has 2 aromatic carbocycles. The summed E-state index contributed by atoms with van der Waals surface area (Å²) in [4.78, 5) is 10.9. The van der Waals surface area contributed by atoms with E-state index in [4.69, 9.17) is 10.4 Å². The van der Waals surface area contributed by atoms with Crippen LogP contribution < -0.4 is 0 Å². The van der Waals surface area contributed by atoms with Crippen LogP contribution in [-0.2, 0) is 0 Å². The summed E-state index contributed by atoms with van der Waals surface area (Å²) in [6.07, 6.45) is -0.841. The van der Waals surface area contributed by atoms with Crippen LogP contribution >= 0.6 is 11.8 Å². The normalized spacial score (nSPS) is 11.7. The third-order valence-electron chi connectivity index (χ3n) is 3.66. The highest BCUT2D eigenvalue weighted by Crippen LogP contribution is 2.25. The Kier molecular flexibility index (Phi) is 5.44. The first kappa shape index (κ1) is 18.5. The molecule has 1 heterocycles. The summed E-state index contributed by atoms with van der Waals surface area (Å²) >= 11 is 1.11. The predicted molar refractivity (Wildman–Crippen MR) is 92.9 cm³/mol. The SMILES string of the molecule is N#Cc1ccc(C(O)CSc2nnnn2-c2ccc(C(=O)O)cc2F)cc1. The maximum Gasteiger partial charge on any atom is 0.335 e. The van der Waals surface area contributed by atoms with Gasteiger partial charge in [0, 0.05) is 5.75 Å². The first-order valence-corrected chi connectivity index (χ1v) is 8.60. The number of tetrazole rings is 1. The fourth-order valence-corrected chi connectivity index (χ4v) is 3.11. The standard InChI is InChI=1S/C17H12FN5O3S/c18-13-7-12(16(25)26)5-6-14(13)23-17(20-21-22-23)27-9-15(24)11-3-1-10(8-19)2-4-11/h1-7,15,24H,9H2,(H,25,26). The number of nitriles is 1. The second-order valence-corrected chi connectivity index (χ2v) is 6.39. The van der Waals surface area contributed by atoms with Crippen LogP contribution in [0.4, 0.5) is 4.39 Å². The molecule has 3 aromatic rings. The summed E-state index contributed by atoms with van der Waals surface area (Å²) in [5.74, 6) is -1.82. The fraction of sp³-hybridized carbons (Fsp3) is 0.118. The van der Waals surface area contributed by atoms with E-state index in [2.05, 4.69) is 15.5 Å². The van der Waals surface area contributed by atoms with Crippen molar-refractivity contribution in [3.05, 3.63) is 65.0 Å². The van der Waals surface area contributed by atoms with Crippen LogP contribution in [0.15, 0.2) is 47.6 Å². The molecule has 10 heteroatoms. The number of benzene rings is 2. The zero-order chi connectivity index (χ0) is 19.4. The molecule has 1 atom stereocenters. The molecule has 27 heavy (non-hydrogen) atoms. The van der Waals surface area contributed by atoms with E-state index in [1.54, 1.807) is 24.3 Å². The second-order valence-electron chi connectivity index (χ2n) is 5.41. The highest BCUT2D eigenvalue weighted by atomic mass is 32.2. The van der Waals surface area contributed by atoms with Gasteiger partial charge in [-0.2, -0.15) is 9.94 Å². The van der Waals surface area contributed by atoms with Gasteiger partial charge in [-0.3, -0.25) is 0 Å². The quantitative estimate of drug-likeness (QED) is 0.619. The summed E-state index contributed by atoms with van der Waals surface area (Å²) in [6, 6.07) is 11.9. The Morgan fingerprint density at radius 1 is 1.30 bits per heavy atom. The molecule has 1 aromatic heterocycles. The molecule has 2 N–H and O–H groups in total. The first-order chi connectivity index (χ1) is 13.0. The van der Waals surface area contributed by atoms with Gasteiger partial charge in [0.15, 0.2) is 0 Å². The average Bonchev–Trinajstić information content (AvgIpc) is 3.14. The van der Waals surface area contributed by atoms with Crippen molar-refractivity contribution in [2.24, 2.45) is 0 Å². The molecule has 0 saturated carbocycles. The number of hydrogen-bond acceptors (Lipinski definition) is 7. The number of carboxylic acids is 1. The molecule has 0 saturated heterocycles. The van der Waals surface area contributed by atoms with Crippen molar-refractivity contribution in [3.63, 3.8) is 0 Å². The Morgan fingerprint density at radius 3 is 2.67 bits per heavy atom. The number of rotatable bonds is 6. The third-order valence-corrected chi connectivity index (χ3v) is 4.65. The Hall–Kier alpha value is -3.29. The second kappa shape index (κ2) is 7.94. The summed E-state index contributed by atoms with van der Waals surface area (Å²) < 4.78 is 15.4. The number of halogens is 1. The van der Waals surface area contributed by atoms with Crippen LogP contribution in [0.5, 0.6) is 0 Å². The number of aromatic carboxylic acids is 1. The highest BCUT2D eigenvalue weighted by molar-refractivity contribution is 7.99. The van der Waals surface area contributed by atoms with Crippen LogP contribution in [0.2, 0.25) is 0 Å². The minimum absolute atomic E-state index is 0.000336. The van der Waals surface area contributed by atoms with Gasteiger partial charge in [0.2, 0.25) is 5.16 Å². The zero-order valence-corrected chi connectivity index (χ0v) is 14.5. The molecule has 0 aliphatic heterocycles. The average molecular weight is 385 g/mol. The van der Waals surface area contributed by atoms with E-state index in [9.17, 15) is 14.3 Å². The predicted octanol–water partition coefficient (Wildman–Crippen LogP) is 2.20. The molecule has 3 rings (SSSR count). The van der Waals surface area contributed by atoms with Crippen molar-refractivity contribution in [1.82, 2.24) is 20.2 Å². The van der Waals surface area contributed by atoms with Crippen molar-refractivity contribution in [2.45, 2.75) is 11.3 Å². The van der Waals surface area contributed by atoms with E-state index in [0.717, 1.165) is 22.5 Å². The van der Waals surface area contributed by atoms with Gasteiger partial charge in [0.05, 0.1) is 23.3 Å². The van der Waals surface area contributed by atoms with Crippen molar-refractivity contribution in [3.8, 4) is 11.8 Å². The molecule has 1 unspecified atom stereocenters. The summed E-state index contributed by atoms with van der Waals surface area (Å²) in [6.45, 7) is 0. The molecular weight excluding hydrogens is 373 g/mol. The van der Waals surface area contributed by atoms with Crippen molar-refractivity contribution < 1.29 is 19.4 Å². The molecule has 0 fully saturated rings. The Labute approximate surface area is 156 Å². The number of aliphatic hydroxyl groups is 1. The van der Waals surface area contributed by atoms with Crippen molar-refractivity contribution in [1.29, 1.82) is 5.26 Å². The van der Waals surface area contributed by atoms with E-state index in [1.807, 2.05) is 6.07 Å². The molecule has 0 aliphatic carbocycles. The van der Waals surface area contributed by atoms with Crippen molar-refractivity contribution in [2.75, 3.05) is 5.75 Å². The molecule has 0 amide bonds. The summed E-state index contributed by atoms with van der Waals surface area (Å²) in [5.41, 5.74) is 0.926. The van der Waals surface area contributed by atoms with Gasteiger partial charge in [0.1, 0.15) is 11.5 Å². The maximum absolute atomic E-state index is 14.2. The van der Waals surface area contributed by atoms with E-state index in [-0.39, 0.29) is 22.2 Å². The Balaban J connectivity index is 1.75. The minimum atomic E-state index is -1.24. The molecule has 0 spiro atoms. The van der Waals surface area contributed by atoms with Gasteiger partial charge in [0.25, 0.3) is 0 Å². The number of carbonyl (C=O) groups is 1. The molecule has 8 nitrogen and oxygen atoms in total. The minimum Gasteiger partial charge on any atom is -0.478 e. The van der Waals surface area contributed by atoms with Gasteiger partial charge in [-0.1, -0.05) is 23.9 Å². The van der Waals surface area contributed by atoms with Gasteiger partial charge in [-0.25, -0.2) is 9.18 Å². The van der Waals surface area contributed by atoms with Gasteiger partial charge in [-0.15, -0.1) is 5.10 Å². The molecule has 0 radical (unpaired) electrons. The topological polar surface area (TPSA) is 125 Å². The van der Waals surface area contributed by atoms with Gasteiger partial charge < -0.3 is 10.2 Å². The Bertz CT molecular complexity index is 1020. The van der Waals surface area contributed by atoms with Crippen molar-refractivity contribution >= 4 is 17.7 Å². The van der Waals surface area contributed by atoms with Crippen LogP contribution in [0.1, 0.15) is 27.6 Å². The lowest BCUT2D eigenvalue weighted by Gasteiger charge is -2.11. The van der Waals surface area contributed by atoms with Crippen LogP contribution in [0.3, 0.4) is 0 Å². The lowest BCUT2D eigenvalue weighted by atomic mass is 10.1. The van der Waals surface area contributed by atoms with Gasteiger partial charge >= 0.3 is 5.97 Å². The summed E-state index contributed by atoms with van der Waals surface area (Å²) in [5, 5.41) is 39.3. The smallest absolute Gasteiger partial charge is 0.335 e. The molecule has 136 valence electrons. The maximum atomic E-state index is 14.2. The first-order valence-electron chi connectivity index (χ1n) is 7.62. The highest BCUT2D eigenvalue weighted by Gasteiger charge is 2.17. The molecule has 0 aliphatic rings. The number of carboxylic acid groups (broad SMARTS) is 1. The lowest BCUT2D eigenvalue weighted by Crippen LogP contribution is -2.06. The number of aromatic nitrogens is 4. The fourth-order valence-electron chi connectivity index (χ4n) is 2.26. The van der Waals surface area contributed by atoms with Crippen LogP contribution in [-0.4, -0.2) is 42.1 Å². The number of thioether (sulfide) groups is 1. The largest absolute Gasteiger partial charge is 0.478 e. The third kappa shape index (κ3) is 4.11. The van der Waals surface area contributed by atoms with Gasteiger partial charge in [-0.05, 0) is 46.3 Å². The lowest BCUT2D eigenvalue weighted by molar-refractivity contribution is 0.0696. The Morgan fingerprint density at radius 2 is 2.04 bits per heavy atom. The zero-order valence-electron chi connectivity index (χ0n) is 13.7. The molecular formula is C17H12FN5O3S. The molecule has 0 bridgehead atoms. The number of aliphatic hydroxyl groups excluding tert-OH is 1.